The fourth-order valence-electron chi connectivity index (χ4n) is 2.18. The molecular formula is C14H21N3O3S. The van der Waals surface area contributed by atoms with Gasteiger partial charge in [0.1, 0.15) is 4.83 Å². The molecule has 6 nitrogen and oxygen atoms in total. The van der Waals surface area contributed by atoms with Crippen molar-refractivity contribution in [3.63, 3.8) is 0 Å². The van der Waals surface area contributed by atoms with Crippen molar-refractivity contribution >= 4 is 27.5 Å². The van der Waals surface area contributed by atoms with Crippen LogP contribution in [0.5, 0.6) is 0 Å². The number of hydrogen-bond donors (Lipinski definition) is 0. The summed E-state index contributed by atoms with van der Waals surface area (Å²) in [6.45, 7) is 4.10. The van der Waals surface area contributed by atoms with Crippen LogP contribution < -0.4 is 0 Å². The zero-order valence-corrected chi connectivity index (χ0v) is 13.7. The van der Waals surface area contributed by atoms with E-state index in [4.69, 9.17) is 9.47 Å². The molecule has 0 saturated heterocycles. The van der Waals surface area contributed by atoms with Crippen molar-refractivity contribution in [2.75, 3.05) is 40.5 Å². The molecule has 0 N–H and O–H groups in total. The van der Waals surface area contributed by atoms with Gasteiger partial charge in [0.2, 0.25) is 0 Å². The molecule has 0 aliphatic carbocycles. The van der Waals surface area contributed by atoms with Crippen LogP contribution in [0.4, 0.5) is 0 Å². The van der Waals surface area contributed by atoms with Gasteiger partial charge in [0.25, 0.3) is 5.91 Å². The lowest BCUT2D eigenvalue weighted by atomic mass is 10.3. The van der Waals surface area contributed by atoms with Crippen LogP contribution in [-0.4, -0.2) is 61.1 Å². The number of fused-ring (bicyclic) bond motifs is 1. The third kappa shape index (κ3) is 3.42. The highest BCUT2D eigenvalue weighted by Gasteiger charge is 2.20. The van der Waals surface area contributed by atoms with Crippen LogP contribution in [0.15, 0.2) is 6.07 Å². The largest absolute Gasteiger partial charge is 0.383 e. The van der Waals surface area contributed by atoms with Gasteiger partial charge in [-0.2, -0.15) is 5.10 Å². The maximum atomic E-state index is 12.6. The van der Waals surface area contributed by atoms with Crippen molar-refractivity contribution in [1.29, 1.82) is 0 Å². The molecule has 0 aliphatic heterocycles. The Balaban J connectivity index is 2.22. The van der Waals surface area contributed by atoms with Crippen molar-refractivity contribution in [3.8, 4) is 0 Å². The number of thiophene rings is 1. The number of hydrogen-bond acceptors (Lipinski definition) is 5. The number of rotatable bonds is 7. The smallest absolute Gasteiger partial charge is 0.264 e. The molecule has 2 aromatic rings. The van der Waals surface area contributed by atoms with Crippen molar-refractivity contribution in [2.24, 2.45) is 7.05 Å². The van der Waals surface area contributed by atoms with Crippen LogP contribution >= 0.6 is 11.3 Å². The predicted octanol–water partition coefficient (Wildman–Crippen LogP) is 1.68. The molecule has 2 aromatic heterocycles. The van der Waals surface area contributed by atoms with Crippen molar-refractivity contribution in [1.82, 2.24) is 14.7 Å². The van der Waals surface area contributed by atoms with E-state index >= 15 is 0 Å². The monoisotopic (exact) mass is 311 g/mol. The third-order valence-electron chi connectivity index (χ3n) is 3.32. The second-order valence-corrected chi connectivity index (χ2v) is 5.85. The average Bonchev–Trinajstić information content (AvgIpc) is 3.01. The predicted molar refractivity (Wildman–Crippen MR) is 83.0 cm³/mol. The zero-order valence-electron chi connectivity index (χ0n) is 12.9. The molecule has 2 heterocycles. The Morgan fingerprint density at radius 1 is 1.33 bits per heavy atom. The topological polar surface area (TPSA) is 56.6 Å². The van der Waals surface area contributed by atoms with Gasteiger partial charge in [-0.3, -0.25) is 9.48 Å². The van der Waals surface area contributed by atoms with E-state index in [1.54, 1.807) is 19.1 Å². The number of amides is 1. The highest BCUT2D eigenvalue weighted by molar-refractivity contribution is 7.20. The number of aromatic nitrogens is 2. The zero-order chi connectivity index (χ0) is 15.4. The molecule has 116 valence electrons. The van der Waals surface area contributed by atoms with Gasteiger partial charge in [0, 0.05) is 39.7 Å². The minimum atomic E-state index is 0.0182. The van der Waals surface area contributed by atoms with E-state index in [1.165, 1.54) is 11.3 Å². The van der Waals surface area contributed by atoms with Crippen LogP contribution in [0.2, 0.25) is 0 Å². The summed E-state index contributed by atoms with van der Waals surface area (Å²) in [6, 6.07) is 1.93. The molecule has 1 amide bonds. The lowest BCUT2D eigenvalue weighted by Gasteiger charge is -2.21. The number of methoxy groups -OCH3 is 2. The first-order valence-corrected chi connectivity index (χ1v) is 7.60. The fourth-order valence-corrected chi connectivity index (χ4v) is 3.28. The summed E-state index contributed by atoms with van der Waals surface area (Å²) >= 11 is 1.48. The van der Waals surface area contributed by atoms with Crippen molar-refractivity contribution in [3.05, 3.63) is 16.6 Å². The molecule has 0 bridgehead atoms. The summed E-state index contributed by atoms with van der Waals surface area (Å²) in [5.41, 5.74) is 0.947. The highest BCUT2D eigenvalue weighted by Crippen LogP contribution is 2.28. The Labute approximate surface area is 128 Å². The third-order valence-corrected chi connectivity index (χ3v) is 4.51. The van der Waals surface area contributed by atoms with E-state index in [-0.39, 0.29) is 5.91 Å². The van der Waals surface area contributed by atoms with Crippen LogP contribution in [0.1, 0.15) is 15.4 Å². The minimum Gasteiger partial charge on any atom is -0.383 e. The van der Waals surface area contributed by atoms with Crippen molar-refractivity contribution < 1.29 is 14.3 Å². The summed E-state index contributed by atoms with van der Waals surface area (Å²) in [5.74, 6) is 0.0182. The van der Waals surface area contributed by atoms with Gasteiger partial charge in [-0.05, 0) is 13.0 Å². The molecule has 0 atom stereocenters. The quantitative estimate of drug-likeness (QED) is 0.780. The highest BCUT2D eigenvalue weighted by atomic mass is 32.1. The molecule has 7 heteroatoms. The number of aryl methyl sites for hydroxylation is 2. The minimum absolute atomic E-state index is 0.0182. The second kappa shape index (κ2) is 7.02. The molecule has 0 saturated carbocycles. The first-order valence-electron chi connectivity index (χ1n) is 6.78. The van der Waals surface area contributed by atoms with Gasteiger partial charge in [0.15, 0.2) is 0 Å². The van der Waals surface area contributed by atoms with Crippen LogP contribution in [0, 0.1) is 6.92 Å². The average molecular weight is 311 g/mol. The Kier molecular flexibility index (Phi) is 5.33. The molecule has 0 spiro atoms. The summed E-state index contributed by atoms with van der Waals surface area (Å²) in [7, 11) is 5.16. The molecule has 0 aromatic carbocycles. The maximum Gasteiger partial charge on any atom is 0.264 e. The van der Waals surface area contributed by atoms with E-state index in [0.717, 1.165) is 20.8 Å². The van der Waals surface area contributed by atoms with E-state index < -0.39 is 0 Å². The van der Waals surface area contributed by atoms with Gasteiger partial charge in [0.05, 0.1) is 23.8 Å². The second-order valence-electron chi connectivity index (χ2n) is 4.82. The Bertz CT molecular complexity index is 578. The standard InChI is InChI=1S/C14H21N3O3S/c1-10-11-9-12(21-14(11)16(2)15-10)13(18)17(5-7-19-3)6-8-20-4/h9H,5-8H2,1-4H3. The van der Waals surface area contributed by atoms with E-state index in [9.17, 15) is 4.79 Å². The van der Waals surface area contributed by atoms with Gasteiger partial charge in [-0.1, -0.05) is 0 Å². The number of nitrogens with zero attached hydrogens (tertiary/aromatic N) is 3. The molecule has 0 fully saturated rings. The molecule has 21 heavy (non-hydrogen) atoms. The molecule has 2 rings (SSSR count). The molecular weight excluding hydrogens is 290 g/mol. The molecule has 0 aliphatic rings. The van der Waals surface area contributed by atoms with E-state index in [2.05, 4.69) is 5.10 Å². The van der Waals surface area contributed by atoms with Crippen LogP contribution in [0.25, 0.3) is 10.2 Å². The molecule has 0 radical (unpaired) electrons. The number of carbonyl (C=O) groups excluding carboxylic acids is 1. The Hall–Kier alpha value is -1.44. The number of ether oxygens (including phenoxy) is 2. The Morgan fingerprint density at radius 2 is 1.95 bits per heavy atom. The maximum absolute atomic E-state index is 12.6. The van der Waals surface area contributed by atoms with Gasteiger partial charge >= 0.3 is 0 Å². The lowest BCUT2D eigenvalue weighted by Crippen LogP contribution is -2.36. The lowest BCUT2D eigenvalue weighted by molar-refractivity contribution is 0.0632. The number of carbonyl (C=O) groups is 1. The fraction of sp³-hybridized carbons (Fsp3) is 0.571. The SMILES string of the molecule is COCCN(CCOC)C(=O)c1cc2c(C)nn(C)c2s1. The summed E-state index contributed by atoms with van der Waals surface area (Å²) in [6.07, 6.45) is 0. The summed E-state index contributed by atoms with van der Waals surface area (Å²) < 4.78 is 12.0. The van der Waals surface area contributed by atoms with Crippen LogP contribution in [0.3, 0.4) is 0 Å². The van der Waals surface area contributed by atoms with Gasteiger partial charge in [-0.15, -0.1) is 11.3 Å². The summed E-state index contributed by atoms with van der Waals surface area (Å²) in [5, 5.41) is 5.40. The van der Waals surface area contributed by atoms with E-state index in [1.807, 2.05) is 24.7 Å². The first-order chi connectivity index (χ1) is 10.1. The van der Waals surface area contributed by atoms with Gasteiger partial charge < -0.3 is 14.4 Å². The van der Waals surface area contributed by atoms with Crippen molar-refractivity contribution in [2.45, 2.75) is 6.92 Å². The summed E-state index contributed by atoms with van der Waals surface area (Å²) in [4.78, 5) is 16.2. The normalized spacial score (nSPS) is 11.2. The van der Waals surface area contributed by atoms with E-state index in [0.29, 0.717) is 26.3 Å². The van der Waals surface area contributed by atoms with Gasteiger partial charge in [-0.25, -0.2) is 0 Å². The Morgan fingerprint density at radius 3 is 2.48 bits per heavy atom. The molecule has 0 unspecified atom stereocenters. The first kappa shape index (κ1) is 15.9. The van der Waals surface area contributed by atoms with Crippen LogP contribution in [-0.2, 0) is 16.5 Å².